The predicted molar refractivity (Wildman–Crippen MR) is 118 cm³/mol. The largest absolute Gasteiger partial charge is 0.454 e. The van der Waals surface area contributed by atoms with Crippen molar-refractivity contribution >= 4 is 35.1 Å². The molecule has 1 aliphatic rings. The number of anilines is 1. The van der Waals surface area contributed by atoms with Gasteiger partial charge >= 0.3 is 5.97 Å². The van der Waals surface area contributed by atoms with E-state index in [2.05, 4.69) is 5.32 Å². The standard InChI is InChI=1S/C23H20N4O7/c1-13(2)9-19(26-21(29)16-5-3-4-6-17(16)22(26)30)23(31)34-12-20(28)25-18-8-7-15(27(32)33)10-14(18)11-24/h3-8,10,13,19H,9,12H2,1-2H3,(H,25,28)/t19-/m1/s1. The van der Waals surface area contributed by atoms with Crippen molar-refractivity contribution < 1.29 is 28.8 Å². The van der Waals surface area contributed by atoms with Crippen LogP contribution in [0.25, 0.3) is 0 Å². The van der Waals surface area contributed by atoms with Crippen LogP contribution in [0.3, 0.4) is 0 Å². The van der Waals surface area contributed by atoms with Gasteiger partial charge in [0.05, 0.1) is 27.3 Å². The molecule has 11 nitrogen and oxygen atoms in total. The van der Waals surface area contributed by atoms with Crippen LogP contribution in [0.4, 0.5) is 11.4 Å². The smallest absolute Gasteiger partial charge is 0.329 e. The van der Waals surface area contributed by atoms with Crippen molar-refractivity contribution in [2.45, 2.75) is 26.3 Å². The minimum absolute atomic E-state index is 0.00762. The molecule has 11 heteroatoms. The molecule has 3 amide bonds. The Bertz CT molecular complexity index is 1200. The molecule has 0 fully saturated rings. The molecule has 3 rings (SSSR count). The highest BCUT2D eigenvalue weighted by Gasteiger charge is 2.43. The molecule has 0 bridgehead atoms. The number of fused-ring (bicyclic) bond motifs is 1. The third-order valence-corrected chi connectivity index (χ3v) is 5.06. The SMILES string of the molecule is CC(C)C[C@H](C(=O)OCC(=O)Nc1ccc([N+](=O)[O-])cc1C#N)N1C(=O)c2ccccc2C1=O. The second kappa shape index (κ2) is 9.91. The van der Waals surface area contributed by atoms with E-state index in [1.165, 1.54) is 18.2 Å². The summed E-state index contributed by atoms with van der Waals surface area (Å²) in [5.74, 6) is -3.03. The summed E-state index contributed by atoms with van der Waals surface area (Å²) in [6, 6.07) is 10.0. The summed E-state index contributed by atoms with van der Waals surface area (Å²) in [5.41, 5.74) is -0.0766. The number of nitrogens with zero attached hydrogens (tertiary/aromatic N) is 3. The molecular formula is C23H20N4O7. The molecule has 0 unspecified atom stereocenters. The van der Waals surface area contributed by atoms with E-state index >= 15 is 0 Å². The van der Waals surface area contributed by atoms with Gasteiger partial charge in [-0.2, -0.15) is 5.26 Å². The third kappa shape index (κ3) is 4.91. The van der Waals surface area contributed by atoms with Gasteiger partial charge in [0.1, 0.15) is 12.1 Å². The highest BCUT2D eigenvalue weighted by Crippen LogP contribution is 2.27. The maximum atomic E-state index is 12.8. The number of hydrogen-bond acceptors (Lipinski definition) is 8. The highest BCUT2D eigenvalue weighted by atomic mass is 16.6. The van der Waals surface area contributed by atoms with Crippen LogP contribution in [0, 0.1) is 27.4 Å². The fraction of sp³-hybridized carbons (Fsp3) is 0.261. The third-order valence-electron chi connectivity index (χ3n) is 5.06. The Hall–Kier alpha value is -4.59. The summed E-state index contributed by atoms with van der Waals surface area (Å²) in [7, 11) is 0. The quantitative estimate of drug-likeness (QED) is 0.270. The Morgan fingerprint density at radius 2 is 1.76 bits per heavy atom. The summed E-state index contributed by atoms with van der Waals surface area (Å²) in [4.78, 5) is 61.8. The van der Waals surface area contributed by atoms with Crippen molar-refractivity contribution in [2.75, 3.05) is 11.9 Å². The monoisotopic (exact) mass is 464 g/mol. The molecule has 0 aromatic heterocycles. The fourth-order valence-corrected chi connectivity index (χ4v) is 3.51. The van der Waals surface area contributed by atoms with E-state index in [9.17, 15) is 34.6 Å². The van der Waals surface area contributed by atoms with Crippen LogP contribution in [0.15, 0.2) is 42.5 Å². The summed E-state index contributed by atoms with van der Waals surface area (Å²) in [6.45, 7) is 2.87. The number of nitro groups is 1. The molecule has 0 saturated carbocycles. The number of benzene rings is 2. The molecular weight excluding hydrogens is 444 g/mol. The lowest BCUT2D eigenvalue weighted by atomic mass is 10.0. The number of nitrogens with one attached hydrogen (secondary N) is 1. The number of nitro benzene ring substituents is 1. The van der Waals surface area contributed by atoms with Gasteiger partial charge in [0.25, 0.3) is 23.4 Å². The van der Waals surface area contributed by atoms with Crippen LogP contribution >= 0.6 is 0 Å². The van der Waals surface area contributed by atoms with Crippen molar-refractivity contribution in [3.05, 3.63) is 69.3 Å². The van der Waals surface area contributed by atoms with Crippen molar-refractivity contribution in [2.24, 2.45) is 5.92 Å². The van der Waals surface area contributed by atoms with Crippen LogP contribution in [-0.2, 0) is 14.3 Å². The topological polar surface area (TPSA) is 160 Å². The van der Waals surface area contributed by atoms with Gasteiger partial charge < -0.3 is 10.1 Å². The first-order valence-electron chi connectivity index (χ1n) is 10.3. The van der Waals surface area contributed by atoms with Crippen LogP contribution < -0.4 is 5.32 Å². The minimum atomic E-state index is -1.23. The van der Waals surface area contributed by atoms with Gasteiger partial charge in [-0.05, 0) is 30.5 Å². The molecule has 0 saturated heterocycles. The number of nitriles is 1. The maximum absolute atomic E-state index is 12.8. The maximum Gasteiger partial charge on any atom is 0.329 e. The fourth-order valence-electron chi connectivity index (χ4n) is 3.51. The molecule has 1 N–H and O–H groups in total. The first kappa shape index (κ1) is 24.1. The number of rotatable bonds is 8. The first-order valence-corrected chi connectivity index (χ1v) is 10.3. The van der Waals surface area contributed by atoms with E-state index in [4.69, 9.17) is 4.74 Å². The van der Waals surface area contributed by atoms with Crippen molar-refractivity contribution in [1.82, 2.24) is 4.90 Å². The molecule has 2 aromatic rings. The van der Waals surface area contributed by atoms with Crippen molar-refractivity contribution in [3.8, 4) is 6.07 Å². The first-order chi connectivity index (χ1) is 16.1. The van der Waals surface area contributed by atoms with E-state index in [1.807, 2.05) is 13.8 Å². The van der Waals surface area contributed by atoms with Gasteiger partial charge in [0.2, 0.25) is 0 Å². The second-order valence-corrected chi connectivity index (χ2v) is 7.93. The Labute approximate surface area is 194 Å². The second-order valence-electron chi connectivity index (χ2n) is 7.93. The van der Waals surface area contributed by atoms with Gasteiger partial charge in [0.15, 0.2) is 6.61 Å². The minimum Gasteiger partial charge on any atom is -0.454 e. The number of imide groups is 1. The summed E-state index contributed by atoms with van der Waals surface area (Å²) in [5, 5.41) is 22.4. The number of carbonyl (C=O) groups is 4. The molecule has 1 heterocycles. The van der Waals surface area contributed by atoms with E-state index < -0.39 is 41.3 Å². The Balaban J connectivity index is 1.71. The number of non-ortho nitro benzene ring substituents is 1. The zero-order chi connectivity index (χ0) is 25.0. The highest BCUT2D eigenvalue weighted by molar-refractivity contribution is 6.22. The molecule has 1 aliphatic heterocycles. The summed E-state index contributed by atoms with van der Waals surface area (Å²) >= 11 is 0. The average Bonchev–Trinajstić information content (AvgIpc) is 3.06. The molecule has 0 spiro atoms. The lowest BCUT2D eigenvalue weighted by Gasteiger charge is -2.25. The number of hydrogen-bond donors (Lipinski definition) is 1. The van der Waals surface area contributed by atoms with Gasteiger partial charge in [-0.3, -0.25) is 29.4 Å². The lowest BCUT2D eigenvalue weighted by molar-refractivity contribution is -0.384. The number of ether oxygens (including phenoxy) is 1. The molecule has 2 aromatic carbocycles. The number of amides is 3. The Morgan fingerprint density at radius 1 is 1.15 bits per heavy atom. The van der Waals surface area contributed by atoms with Gasteiger partial charge in [-0.15, -0.1) is 0 Å². The number of esters is 1. The van der Waals surface area contributed by atoms with Crippen LogP contribution in [0.5, 0.6) is 0 Å². The van der Waals surface area contributed by atoms with Gasteiger partial charge in [-0.25, -0.2) is 4.79 Å². The average molecular weight is 464 g/mol. The van der Waals surface area contributed by atoms with E-state index in [-0.39, 0.29) is 40.4 Å². The zero-order valence-corrected chi connectivity index (χ0v) is 18.3. The normalized spacial score (nSPS) is 13.3. The van der Waals surface area contributed by atoms with Crippen molar-refractivity contribution in [3.63, 3.8) is 0 Å². The van der Waals surface area contributed by atoms with Gasteiger partial charge in [-0.1, -0.05) is 26.0 Å². The van der Waals surface area contributed by atoms with Gasteiger partial charge in [0, 0.05) is 12.1 Å². The predicted octanol–water partition coefficient (Wildman–Crippen LogP) is 2.66. The molecule has 34 heavy (non-hydrogen) atoms. The van der Waals surface area contributed by atoms with Crippen LogP contribution in [0.2, 0.25) is 0 Å². The number of carbonyl (C=O) groups excluding carboxylic acids is 4. The Kier molecular flexibility index (Phi) is 7.01. The lowest BCUT2D eigenvalue weighted by Crippen LogP contribution is -2.46. The van der Waals surface area contributed by atoms with E-state index in [1.54, 1.807) is 18.2 Å². The summed E-state index contributed by atoms with van der Waals surface area (Å²) in [6.07, 6.45) is 0.132. The van der Waals surface area contributed by atoms with Crippen LogP contribution in [-0.4, -0.2) is 46.2 Å². The molecule has 0 radical (unpaired) electrons. The zero-order valence-electron chi connectivity index (χ0n) is 18.3. The Morgan fingerprint density at radius 3 is 2.29 bits per heavy atom. The molecule has 0 aliphatic carbocycles. The summed E-state index contributed by atoms with van der Waals surface area (Å²) < 4.78 is 5.09. The molecule has 1 atom stereocenters. The van der Waals surface area contributed by atoms with Crippen LogP contribution in [0.1, 0.15) is 46.5 Å². The van der Waals surface area contributed by atoms with E-state index in [0.29, 0.717) is 0 Å². The molecule has 174 valence electrons. The van der Waals surface area contributed by atoms with E-state index in [0.717, 1.165) is 17.0 Å². The van der Waals surface area contributed by atoms with Crippen molar-refractivity contribution in [1.29, 1.82) is 5.26 Å².